The Morgan fingerprint density at radius 2 is 1.71 bits per heavy atom. The lowest BCUT2D eigenvalue weighted by molar-refractivity contribution is 0.929. The smallest absolute Gasteiger partial charge is 0.244 e. The lowest BCUT2D eigenvalue weighted by atomic mass is 10.1. The molecule has 2 aromatic carbocycles. The summed E-state index contributed by atoms with van der Waals surface area (Å²) in [6.07, 6.45) is 3.57. The summed E-state index contributed by atoms with van der Waals surface area (Å²) in [7, 11) is 0. The van der Waals surface area contributed by atoms with Crippen molar-refractivity contribution in [1.29, 1.82) is 0 Å². The number of aromatic nitrogens is 3. The maximum Gasteiger partial charge on any atom is 0.244 e. The summed E-state index contributed by atoms with van der Waals surface area (Å²) < 4.78 is 0. The normalized spacial score (nSPS) is 10.4. The standard InChI is InChI=1S/C19H21N5/c1-2-15-8-10-17(11-9-15)22-18-14-21-24-19(23-18)20-13-12-16-6-4-3-5-7-16/h3-11,14H,2,12-13H2,1H3,(H2,20,22,23,24). The molecular formula is C19H21N5. The minimum atomic E-state index is 0.529. The molecule has 3 rings (SSSR count). The van der Waals surface area contributed by atoms with Gasteiger partial charge in [0.15, 0.2) is 5.82 Å². The van der Waals surface area contributed by atoms with E-state index in [0.29, 0.717) is 11.8 Å². The predicted molar refractivity (Wildman–Crippen MR) is 97.6 cm³/mol. The fraction of sp³-hybridized carbons (Fsp3) is 0.211. The zero-order valence-corrected chi connectivity index (χ0v) is 13.7. The lowest BCUT2D eigenvalue weighted by Gasteiger charge is -2.08. The average molecular weight is 319 g/mol. The van der Waals surface area contributed by atoms with Crippen LogP contribution in [0.2, 0.25) is 0 Å². The van der Waals surface area contributed by atoms with Crippen molar-refractivity contribution in [3.8, 4) is 0 Å². The Balaban J connectivity index is 1.57. The summed E-state index contributed by atoms with van der Waals surface area (Å²) in [5, 5.41) is 14.5. The van der Waals surface area contributed by atoms with Crippen LogP contribution in [-0.4, -0.2) is 21.7 Å². The van der Waals surface area contributed by atoms with Gasteiger partial charge >= 0.3 is 0 Å². The van der Waals surface area contributed by atoms with Gasteiger partial charge in [-0.2, -0.15) is 10.1 Å². The summed E-state index contributed by atoms with van der Waals surface area (Å²) in [6.45, 7) is 2.91. The Bertz CT molecular complexity index is 756. The first-order chi connectivity index (χ1) is 11.8. The molecule has 1 aromatic heterocycles. The molecule has 0 saturated heterocycles. The van der Waals surface area contributed by atoms with Gasteiger partial charge in [0.2, 0.25) is 5.95 Å². The highest BCUT2D eigenvalue weighted by Crippen LogP contribution is 2.15. The number of rotatable bonds is 7. The van der Waals surface area contributed by atoms with Gasteiger partial charge in [0, 0.05) is 12.2 Å². The van der Waals surface area contributed by atoms with Crippen molar-refractivity contribution < 1.29 is 0 Å². The Kier molecular flexibility index (Phi) is 5.35. The molecule has 24 heavy (non-hydrogen) atoms. The van der Waals surface area contributed by atoms with Crippen LogP contribution in [0, 0.1) is 0 Å². The Labute approximate surface area is 142 Å². The summed E-state index contributed by atoms with van der Waals surface area (Å²) in [5.74, 6) is 1.21. The van der Waals surface area contributed by atoms with Crippen LogP contribution in [0.4, 0.5) is 17.5 Å². The van der Waals surface area contributed by atoms with Crippen molar-refractivity contribution in [3.63, 3.8) is 0 Å². The molecule has 0 fully saturated rings. The predicted octanol–water partition coefficient (Wildman–Crippen LogP) is 3.83. The second kappa shape index (κ2) is 8.06. The van der Waals surface area contributed by atoms with E-state index in [4.69, 9.17) is 0 Å². The van der Waals surface area contributed by atoms with Crippen LogP contribution >= 0.6 is 0 Å². The highest BCUT2D eigenvalue weighted by atomic mass is 15.3. The third-order valence-corrected chi connectivity index (χ3v) is 3.73. The van der Waals surface area contributed by atoms with Crippen LogP contribution in [0.5, 0.6) is 0 Å². The first-order valence-corrected chi connectivity index (χ1v) is 8.17. The van der Waals surface area contributed by atoms with Gasteiger partial charge in [-0.3, -0.25) is 0 Å². The summed E-state index contributed by atoms with van der Waals surface area (Å²) >= 11 is 0. The minimum Gasteiger partial charge on any atom is -0.353 e. The van der Waals surface area contributed by atoms with Crippen molar-refractivity contribution in [2.75, 3.05) is 17.2 Å². The van der Waals surface area contributed by atoms with Gasteiger partial charge in [-0.25, -0.2) is 0 Å². The number of anilines is 3. The minimum absolute atomic E-state index is 0.529. The van der Waals surface area contributed by atoms with E-state index in [1.165, 1.54) is 11.1 Å². The van der Waals surface area contributed by atoms with Gasteiger partial charge in [-0.05, 0) is 36.1 Å². The van der Waals surface area contributed by atoms with Gasteiger partial charge in [-0.15, -0.1) is 5.10 Å². The van der Waals surface area contributed by atoms with Crippen LogP contribution in [0.25, 0.3) is 0 Å². The molecule has 0 unspecified atom stereocenters. The zero-order valence-electron chi connectivity index (χ0n) is 13.7. The van der Waals surface area contributed by atoms with E-state index >= 15 is 0 Å². The molecular weight excluding hydrogens is 298 g/mol. The van der Waals surface area contributed by atoms with E-state index in [1.807, 2.05) is 30.3 Å². The van der Waals surface area contributed by atoms with Crippen molar-refractivity contribution >= 4 is 17.5 Å². The number of benzene rings is 2. The third kappa shape index (κ3) is 4.52. The number of nitrogens with one attached hydrogen (secondary N) is 2. The van der Waals surface area contributed by atoms with Gasteiger partial charge in [0.25, 0.3) is 0 Å². The molecule has 0 aliphatic rings. The summed E-state index contributed by atoms with van der Waals surface area (Å²) in [5.41, 5.74) is 3.58. The van der Waals surface area contributed by atoms with Crippen molar-refractivity contribution in [1.82, 2.24) is 15.2 Å². The van der Waals surface area contributed by atoms with Crippen LogP contribution in [-0.2, 0) is 12.8 Å². The van der Waals surface area contributed by atoms with Crippen LogP contribution < -0.4 is 10.6 Å². The number of nitrogens with zero attached hydrogens (tertiary/aromatic N) is 3. The summed E-state index contributed by atoms with van der Waals surface area (Å²) in [6, 6.07) is 18.6. The highest BCUT2D eigenvalue weighted by Gasteiger charge is 2.01. The third-order valence-electron chi connectivity index (χ3n) is 3.73. The van der Waals surface area contributed by atoms with Gasteiger partial charge in [0.1, 0.15) is 0 Å². The first kappa shape index (κ1) is 15.9. The molecule has 0 radical (unpaired) electrons. The van der Waals surface area contributed by atoms with Crippen LogP contribution in [0.1, 0.15) is 18.1 Å². The highest BCUT2D eigenvalue weighted by molar-refractivity contribution is 5.56. The Morgan fingerprint density at radius 1 is 0.917 bits per heavy atom. The van der Waals surface area contributed by atoms with E-state index in [1.54, 1.807) is 6.20 Å². The molecule has 5 heteroatoms. The molecule has 122 valence electrons. The van der Waals surface area contributed by atoms with Gasteiger partial charge in [0.05, 0.1) is 6.20 Å². The SMILES string of the molecule is CCc1ccc(Nc2cnnc(NCCc3ccccc3)n2)cc1. The maximum atomic E-state index is 4.45. The fourth-order valence-electron chi connectivity index (χ4n) is 2.37. The Hall–Kier alpha value is -2.95. The largest absolute Gasteiger partial charge is 0.353 e. The zero-order chi connectivity index (χ0) is 16.6. The van der Waals surface area contributed by atoms with E-state index in [-0.39, 0.29) is 0 Å². The summed E-state index contributed by atoms with van der Waals surface area (Å²) in [4.78, 5) is 4.45. The average Bonchev–Trinajstić information content (AvgIpc) is 2.64. The molecule has 0 bridgehead atoms. The molecule has 5 nitrogen and oxygen atoms in total. The van der Waals surface area contributed by atoms with E-state index in [2.05, 4.69) is 57.0 Å². The number of hydrogen-bond donors (Lipinski definition) is 2. The molecule has 1 heterocycles. The van der Waals surface area contributed by atoms with E-state index in [9.17, 15) is 0 Å². The van der Waals surface area contributed by atoms with Crippen molar-refractivity contribution in [2.45, 2.75) is 19.8 Å². The molecule has 0 spiro atoms. The first-order valence-electron chi connectivity index (χ1n) is 8.17. The number of aryl methyl sites for hydroxylation is 1. The number of hydrogen-bond acceptors (Lipinski definition) is 5. The van der Waals surface area contributed by atoms with Crippen LogP contribution in [0.3, 0.4) is 0 Å². The second-order valence-corrected chi connectivity index (χ2v) is 5.50. The molecule has 0 amide bonds. The second-order valence-electron chi connectivity index (χ2n) is 5.50. The molecule has 0 aliphatic heterocycles. The van der Waals surface area contributed by atoms with Crippen LogP contribution in [0.15, 0.2) is 60.8 Å². The van der Waals surface area contributed by atoms with Gasteiger partial charge < -0.3 is 10.6 Å². The topological polar surface area (TPSA) is 62.7 Å². The van der Waals surface area contributed by atoms with Gasteiger partial charge in [-0.1, -0.05) is 49.4 Å². The monoisotopic (exact) mass is 319 g/mol. The van der Waals surface area contributed by atoms with Crippen molar-refractivity contribution in [2.24, 2.45) is 0 Å². The quantitative estimate of drug-likeness (QED) is 0.693. The Morgan fingerprint density at radius 3 is 2.46 bits per heavy atom. The van der Waals surface area contributed by atoms with E-state index in [0.717, 1.165) is 25.1 Å². The molecule has 0 aliphatic carbocycles. The maximum absolute atomic E-state index is 4.45. The lowest BCUT2D eigenvalue weighted by Crippen LogP contribution is -2.09. The molecule has 3 aromatic rings. The molecule has 2 N–H and O–H groups in total. The van der Waals surface area contributed by atoms with Crippen molar-refractivity contribution in [3.05, 3.63) is 71.9 Å². The molecule has 0 saturated carbocycles. The fourth-order valence-corrected chi connectivity index (χ4v) is 2.37. The van der Waals surface area contributed by atoms with E-state index < -0.39 is 0 Å². The molecule has 0 atom stereocenters.